The van der Waals surface area contributed by atoms with Crippen LogP contribution in [-0.4, -0.2) is 57.3 Å². The van der Waals surface area contributed by atoms with Crippen LogP contribution in [0.3, 0.4) is 0 Å². The molecule has 0 fully saturated rings. The van der Waals surface area contributed by atoms with E-state index in [1.54, 1.807) is 0 Å². The predicted molar refractivity (Wildman–Crippen MR) is 138 cm³/mol. The van der Waals surface area contributed by atoms with Crippen LogP contribution in [0.1, 0.15) is 110 Å². The van der Waals surface area contributed by atoms with Gasteiger partial charge in [-0.1, -0.05) is 90.4 Å². The molecule has 198 valence electrons. The van der Waals surface area contributed by atoms with Crippen LogP contribution in [0, 0.1) is 5.92 Å². The van der Waals surface area contributed by atoms with Gasteiger partial charge in [-0.05, 0) is 13.3 Å². The van der Waals surface area contributed by atoms with Crippen molar-refractivity contribution in [3.8, 4) is 0 Å². The zero-order chi connectivity index (χ0) is 24.8. The monoisotopic (exact) mass is 492 g/mol. The molecule has 0 heterocycles. The number of carbonyl (C=O) groups excluding carboxylic acids is 1. The van der Waals surface area contributed by atoms with Crippen LogP contribution >= 0.6 is 7.60 Å². The molecule has 0 aliphatic heterocycles. The summed E-state index contributed by atoms with van der Waals surface area (Å²) in [5.74, 6) is -0.115. The van der Waals surface area contributed by atoms with E-state index in [-0.39, 0.29) is 24.5 Å². The molecule has 2 atom stereocenters. The van der Waals surface area contributed by atoms with Crippen LogP contribution < -0.4 is 4.90 Å². The molecular formula is C26H55NO5P+. The smallest absolute Gasteiger partial charge is 0.333 e. The zero-order valence-corrected chi connectivity index (χ0v) is 23.1. The first-order valence-electron chi connectivity index (χ1n) is 13.6. The van der Waals surface area contributed by atoms with Crippen molar-refractivity contribution in [2.45, 2.75) is 110 Å². The van der Waals surface area contributed by atoms with Crippen LogP contribution in [0.4, 0.5) is 0 Å². The average Bonchev–Trinajstić information content (AvgIpc) is 2.75. The van der Waals surface area contributed by atoms with Gasteiger partial charge in [-0.2, -0.15) is 0 Å². The van der Waals surface area contributed by atoms with Crippen LogP contribution in [0.25, 0.3) is 0 Å². The first-order valence-corrected chi connectivity index (χ1v) is 15.4. The van der Waals surface area contributed by atoms with Gasteiger partial charge in [0.25, 0.3) is 0 Å². The maximum absolute atomic E-state index is 12.1. The summed E-state index contributed by atoms with van der Waals surface area (Å²) in [6, 6.07) is 0. The lowest BCUT2D eigenvalue weighted by Gasteiger charge is -2.19. The molecule has 0 radical (unpaired) electrons. The molecule has 0 saturated heterocycles. The minimum atomic E-state index is -3.61. The fourth-order valence-electron chi connectivity index (χ4n) is 3.87. The van der Waals surface area contributed by atoms with Gasteiger partial charge >= 0.3 is 7.60 Å². The van der Waals surface area contributed by atoms with Crippen LogP contribution in [0.2, 0.25) is 0 Å². The van der Waals surface area contributed by atoms with E-state index >= 15 is 0 Å². The van der Waals surface area contributed by atoms with Crippen LogP contribution in [0.5, 0.6) is 0 Å². The highest BCUT2D eigenvalue weighted by Gasteiger charge is 2.23. The van der Waals surface area contributed by atoms with Gasteiger partial charge in [0.15, 0.2) is 0 Å². The molecule has 33 heavy (non-hydrogen) atoms. The number of hydrogen-bond donors (Lipinski definition) is 2. The third-order valence-electron chi connectivity index (χ3n) is 5.98. The molecule has 0 aliphatic carbocycles. The van der Waals surface area contributed by atoms with E-state index in [1.807, 2.05) is 14.1 Å². The number of hydrogen-bond acceptors (Lipinski definition) is 4. The highest BCUT2D eigenvalue weighted by Crippen LogP contribution is 2.41. The summed E-state index contributed by atoms with van der Waals surface area (Å²) in [6.45, 7) is 5.54. The lowest BCUT2D eigenvalue weighted by Crippen LogP contribution is -3.06. The van der Waals surface area contributed by atoms with Crippen molar-refractivity contribution in [1.82, 2.24) is 0 Å². The molecule has 7 heteroatoms. The van der Waals surface area contributed by atoms with Gasteiger partial charge in [0.05, 0.1) is 40.0 Å². The Bertz CT molecular complexity index is 501. The van der Waals surface area contributed by atoms with Crippen molar-refractivity contribution < 1.29 is 28.4 Å². The van der Waals surface area contributed by atoms with E-state index in [0.29, 0.717) is 26.2 Å². The van der Waals surface area contributed by atoms with Gasteiger partial charge in [-0.25, -0.2) is 0 Å². The summed E-state index contributed by atoms with van der Waals surface area (Å²) >= 11 is 0. The number of quaternary nitrogens is 1. The molecule has 0 spiro atoms. The molecule has 0 aromatic carbocycles. The lowest BCUT2D eigenvalue weighted by atomic mass is 10.0. The Hall–Kier alpha value is -0.260. The van der Waals surface area contributed by atoms with Gasteiger partial charge < -0.3 is 23.8 Å². The molecule has 2 unspecified atom stereocenters. The average molecular weight is 493 g/mol. The minimum Gasteiger partial charge on any atom is -0.381 e. The zero-order valence-electron chi connectivity index (χ0n) is 22.2. The van der Waals surface area contributed by atoms with Gasteiger partial charge in [0.1, 0.15) is 5.78 Å². The predicted octanol–water partition coefficient (Wildman–Crippen LogP) is 5.43. The summed E-state index contributed by atoms with van der Waals surface area (Å²) in [5, 5.41) is 0. The maximum atomic E-state index is 12.1. The second kappa shape index (κ2) is 22.2. The molecule has 0 bridgehead atoms. The molecular weight excluding hydrogens is 437 g/mol. The first-order chi connectivity index (χ1) is 15.8. The van der Waals surface area contributed by atoms with E-state index in [0.717, 1.165) is 11.3 Å². The van der Waals surface area contributed by atoms with E-state index in [4.69, 9.17) is 9.26 Å². The third kappa shape index (κ3) is 24.7. The second-order valence-electron chi connectivity index (χ2n) is 10.1. The molecule has 0 rings (SSSR count). The minimum absolute atomic E-state index is 0.0502. The van der Waals surface area contributed by atoms with E-state index in [9.17, 15) is 14.3 Å². The number of ketones is 1. The van der Waals surface area contributed by atoms with Crippen molar-refractivity contribution in [1.29, 1.82) is 0 Å². The Balaban J connectivity index is 3.69. The topological polar surface area (TPSA) is 77.3 Å². The molecule has 0 saturated carbocycles. The molecule has 2 N–H and O–H groups in total. The summed E-state index contributed by atoms with van der Waals surface area (Å²) in [7, 11) is 0.261. The first kappa shape index (κ1) is 32.7. The van der Waals surface area contributed by atoms with E-state index in [1.165, 1.54) is 90.4 Å². The molecule has 0 aliphatic rings. The Labute approximate surface area is 204 Å². The van der Waals surface area contributed by atoms with E-state index < -0.39 is 7.60 Å². The van der Waals surface area contributed by atoms with Crippen LogP contribution in [-0.2, 0) is 18.6 Å². The van der Waals surface area contributed by atoms with Gasteiger partial charge in [0, 0.05) is 18.9 Å². The largest absolute Gasteiger partial charge is 0.381 e. The molecule has 6 nitrogen and oxygen atoms in total. The SMILES string of the molecule is CCCCCCCCCCCCCCCCOCC(COP(=O)(O)CC[NH+](C)C)CC(C)=O. The van der Waals surface area contributed by atoms with Crippen molar-refractivity contribution in [3.05, 3.63) is 0 Å². The summed E-state index contributed by atoms with van der Waals surface area (Å²) in [4.78, 5) is 22.6. The quantitative estimate of drug-likeness (QED) is 0.131. The Kier molecular flexibility index (Phi) is 22.0. The fourth-order valence-corrected chi connectivity index (χ4v) is 5.18. The van der Waals surface area contributed by atoms with Crippen molar-refractivity contribution in [3.63, 3.8) is 0 Å². The molecule has 0 aromatic rings. The molecule has 0 aromatic heterocycles. The highest BCUT2D eigenvalue weighted by molar-refractivity contribution is 7.52. The maximum Gasteiger partial charge on any atom is 0.333 e. The number of carbonyl (C=O) groups is 1. The van der Waals surface area contributed by atoms with Crippen molar-refractivity contribution in [2.75, 3.05) is 46.6 Å². The summed E-state index contributed by atoms with van der Waals surface area (Å²) < 4.78 is 23.2. The Morgan fingerprint density at radius 3 is 1.79 bits per heavy atom. The van der Waals surface area contributed by atoms with Crippen molar-refractivity contribution >= 4 is 13.4 Å². The third-order valence-corrected chi connectivity index (χ3v) is 7.32. The van der Waals surface area contributed by atoms with E-state index in [2.05, 4.69) is 6.92 Å². The van der Waals surface area contributed by atoms with Crippen LogP contribution in [0.15, 0.2) is 0 Å². The second-order valence-corrected chi connectivity index (χ2v) is 12.0. The highest BCUT2D eigenvalue weighted by atomic mass is 31.2. The number of unbranched alkanes of at least 4 members (excludes halogenated alkanes) is 13. The standard InChI is InChI=1S/C26H54NO5P/c1-5-6-7-8-9-10-11-12-13-14-15-16-17-18-20-31-23-26(22-25(2)28)24-32-33(29,30)21-19-27(3)4/h26H,5-24H2,1-4H3,(H,29,30)/p+1. The number of rotatable bonds is 25. The Morgan fingerprint density at radius 1 is 0.848 bits per heavy atom. The lowest BCUT2D eigenvalue weighted by molar-refractivity contribution is -0.855. The van der Waals surface area contributed by atoms with Gasteiger partial charge in [-0.3, -0.25) is 4.57 Å². The number of ether oxygens (including phenoxy) is 1. The van der Waals surface area contributed by atoms with Gasteiger partial charge in [0.2, 0.25) is 0 Å². The number of Topliss-reactive ketones (excluding diaryl/α,β-unsaturated/α-hetero) is 1. The normalized spacial score (nSPS) is 14.5. The fraction of sp³-hybridized carbons (Fsp3) is 0.962. The summed E-state index contributed by atoms with van der Waals surface area (Å²) in [5.41, 5.74) is 0. The van der Waals surface area contributed by atoms with Gasteiger partial charge in [-0.15, -0.1) is 0 Å². The molecule has 0 amide bonds. The summed E-state index contributed by atoms with van der Waals surface area (Å²) in [6.07, 6.45) is 19.0. The van der Waals surface area contributed by atoms with Crippen molar-refractivity contribution in [2.24, 2.45) is 5.92 Å². The Morgan fingerprint density at radius 2 is 1.33 bits per heavy atom. The number of nitrogens with one attached hydrogen (secondary N) is 1.